The Morgan fingerprint density at radius 1 is 1.50 bits per heavy atom. The monoisotopic (exact) mass is 169 g/mol. The topological polar surface area (TPSA) is 12.5 Å². The number of morpholine rings is 1. The molecule has 1 aliphatic carbocycles. The summed E-state index contributed by atoms with van der Waals surface area (Å²) in [5.41, 5.74) is 0.189. The zero-order valence-corrected chi connectivity index (χ0v) is 8.18. The van der Waals surface area contributed by atoms with Crippen LogP contribution in [-0.4, -0.2) is 36.7 Å². The SMILES string of the molecule is CCN1CCOC(C)(C2CC2)C1. The smallest absolute Gasteiger partial charge is 0.0809 e. The summed E-state index contributed by atoms with van der Waals surface area (Å²) in [5, 5.41) is 0. The Morgan fingerprint density at radius 2 is 2.25 bits per heavy atom. The van der Waals surface area contributed by atoms with Gasteiger partial charge in [0.1, 0.15) is 0 Å². The van der Waals surface area contributed by atoms with Gasteiger partial charge in [0.15, 0.2) is 0 Å². The molecule has 0 bridgehead atoms. The first-order valence-corrected chi connectivity index (χ1v) is 5.11. The zero-order valence-electron chi connectivity index (χ0n) is 8.18. The molecule has 1 unspecified atom stereocenters. The zero-order chi connectivity index (χ0) is 8.60. The van der Waals surface area contributed by atoms with Crippen LogP contribution in [0.3, 0.4) is 0 Å². The van der Waals surface area contributed by atoms with Gasteiger partial charge >= 0.3 is 0 Å². The Balaban J connectivity index is 1.96. The Kier molecular flexibility index (Phi) is 2.13. The van der Waals surface area contributed by atoms with Gasteiger partial charge in [0.2, 0.25) is 0 Å². The molecule has 0 amide bonds. The van der Waals surface area contributed by atoms with Crippen LogP contribution in [0.2, 0.25) is 0 Å². The first-order chi connectivity index (χ1) is 5.74. The molecule has 1 aliphatic heterocycles. The van der Waals surface area contributed by atoms with Crippen molar-refractivity contribution in [3.63, 3.8) is 0 Å². The predicted octanol–water partition coefficient (Wildman–Crippen LogP) is 1.51. The minimum atomic E-state index is 0.189. The average molecular weight is 169 g/mol. The minimum Gasteiger partial charge on any atom is -0.372 e. The van der Waals surface area contributed by atoms with Crippen LogP contribution in [0, 0.1) is 5.92 Å². The molecule has 1 heterocycles. The van der Waals surface area contributed by atoms with Crippen LogP contribution in [0.5, 0.6) is 0 Å². The highest BCUT2D eigenvalue weighted by Crippen LogP contribution is 2.43. The third kappa shape index (κ3) is 1.50. The highest BCUT2D eigenvalue weighted by molar-refractivity contribution is 4.96. The molecule has 12 heavy (non-hydrogen) atoms. The van der Waals surface area contributed by atoms with Gasteiger partial charge in [-0.2, -0.15) is 0 Å². The van der Waals surface area contributed by atoms with E-state index in [1.807, 2.05) is 0 Å². The number of rotatable bonds is 2. The van der Waals surface area contributed by atoms with Gasteiger partial charge in [-0.1, -0.05) is 6.92 Å². The van der Waals surface area contributed by atoms with Crippen LogP contribution in [0.25, 0.3) is 0 Å². The quantitative estimate of drug-likeness (QED) is 0.621. The molecule has 0 aromatic carbocycles. The van der Waals surface area contributed by atoms with Gasteiger partial charge in [0, 0.05) is 13.1 Å². The maximum atomic E-state index is 5.88. The summed E-state index contributed by atoms with van der Waals surface area (Å²) in [4.78, 5) is 2.50. The van der Waals surface area contributed by atoms with Crippen molar-refractivity contribution in [2.45, 2.75) is 32.3 Å². The lowest BCUT2D eigenvalue weighted by Gasteiger charge is -2.40. The first kappa shape index (κ1) is 8.52. The van der Waals surface area contributed by atoms with E-state index in [9.17, 15) is 0 Å². The highest BCUT2D eigenvalue weighted by Gasteiger charge is 2.44. The Hall–Kier alpha value is -0.0800. The van der Waals surface area contributed by atoms with E-state index in [0.29, 0.717) is 0 Å². The van der Waals surface area contributed by atoms with E-state index in [0.717, 1.165) is 25.6 Å². The summed E-state index contributed by atoms with van der Waals surface area (Å²) in [6.07, 6.45) is 2.77. The molecule has 1 saturated heterocycles. The fraction of sp³-hybridized carbons (Fsp3) is 1.00. The second kappa shape index (κ2) is 3.00. The number of likely N-dealkylation sites (N-methyl/N-ethyl adjacent to an activating group) is 1. The number of ether oxygens (including phenoxy) is 1. The van der Waals surface area contributed by atoms with Gasteiger partial charge in [0.25, 0.3) is 0 Å². The Bertz CT molecular complexity index is 167. The molecule has 2 aliphatic rings. The standard InChI is InChI=1S/C10H19NO/c1-3-11-6-7-12-10(2,8-11)9-4-5-9/h9H,3-8H2,1-2H3. The fourth-order valence-corrected chi connectivity index (χ4v) is 2.19. The summed E-state index contributed by atoms with van der Waals surface area (Å²) in [6, 6.07) is 0. The number of hydrogen-bond acceptors (Lipinski definition) is 2. The van der Waals surface area contributed by atoms with Crippen molar-refractivity contribution < 1.29 is 4.74 Å². The van der Waals surface area contributed by atoms with Gasteiger partial charge in [-0.05, 0) is 32.2 Å². The fourth-order valence-electron chi connectivity index (χ4n) is 2.19. The summed E-state index contributed by atoms with van der Waals surface area (Å²) in [7, 11) is 0. The third-order valence-corrected chi connectivity index (χ3v) is 3.27. The molecule has 2 nitrogen and oxygen atoms in total. The van der Waals surface area contributed by atoms with E-state index in [-0.39, 0.29) is 5.60 Å². The van der Waals surface area contributed by atoms with E-state index in [1.165, 1.54) is 19.4 Å². The summed E-state index contributed by atoms with van der Waals surface area (Å²) in [6.45, 7) is 8.89. The molecule has 2 fully saturated rings. The van der Waals surface area contributed by atoms with Gasteiger partial charge in [-0.15, -0.1) is 0 Å². The van der Waals surface area contributed by atoms with Crippen molar-refractivity contribution in [3.8, 4) is 0 Å². The van der Waals surface area contributed by atoms with E-state index in [4.69, 9.17) is 4.74 Å². The first-order valence-electron chi connectivity index (χ1n) is 5.11. The minimum absolute atomic E-state index is 0.189. The second-order valence-electron chi connectivity index (χ2n) is 4.30. The van der Waals surface area contributed by atoms with Crippen LogP contribution in [0.1, 0.15) is 26.7 Å². The van der Waals surface area contributed by atoms with Crippen LogP contribution in [0.4, 0.5) is 0 Å². The van der Waals surface area contributed by atoms with Crippen LogP contribution >= 0.6 is 0 Å². The largest absolute Gasteiger partial charge is 0.372 e. The van der Waals surface area contributed by atoms with Crippen molar-refractivity contribution in [1.29, 1.82) is 0 Å². The molecular weight excluding hydrogens is 150 g/mol. The van der Waals surface area contributed by atoms with Gasteiger partial charge in [-0.3, -0.25) is 4.90 Å². The van der Waals surface area contributed by atoms with Crippen molar-refractivity contribution in [1.82, 2.24) is 4.90 Å². The molecule has 70 valence electrons. The lowest BCUT2D eigenvalue weighted by atomic mass is 9.98. The van der Waals surface area contributed by atoms with E-state index < -0.39 is 0 Å². The lowest BCUT2D eigenvalue weighted by Crippen LogP contribution is -2.51. The summed E-state index contributed by atoms with van der Waals surface area (Å²) < 4.78 is 5.88. The van der Waals surface area contributed by atoms with Crippen molar-refractivity contribution in [3.05, 3.63) is 0 Å². The molecule has 0 spiro atoms. The van der Waals surface area contributed by atoms with Gasteiger partial charge < -0.3 is 4.74 Å². The predicted molar refractivity (Wildman–Crippen MR) is 49.2 cm³/mol. The van der Waals surface area contributed by atoms with Gasteiger partial charge in [0.05, 0.1) is 12.2 Å². The maximum absolute atomic E-state index is 5.88. The third-order valence-electron chi connectivity index (χ3n) is 3.27. The van der Waals surface area contributed by atoms with Crippen molar-refractivity contribution in [2.24, 2.45) is 5.92 Å². The summed E-state index contributed by atoms with van der Waals surface area (Å²) in [5.74, 6) is 0.854. The van der Waals surface area contributed by atoms with Crippen molar-refractivity contribution in [2.75, 3.05) is 26.2 Å². The molecule has 1 atom stereocenters. The van der Waals surface area contributed by atoms with E-state index in [1.54, 1.807) is 0 Å². The summed E-state index contributed by atoms with van der Waals surface area (Å²) >= 11 is 0. The molecule has 0 N–H and O–H groups in total. The van der Waals surface area contributed by atoms with Crippen LogP contribution in [0.15, 0.2) is 0 Å². The molecule has 0 radical (unpaired) electrons. The highest BCUT2D eigenvalue weighted by atomic mass is 16.5. The van der Waals surface area contributed by atoms with Crippen LogP contribution in [-0.2, 0) is 4.74 Å². The second-order valence-corrected chi connectivity index (χ2v) is 4.30. The molecule has 0 aromatic heterocycles. The van der Waals surface area contributed by atoms with Crippen molar-refractivity contribution >= 4 is 0 Å². The Morgan fingerprint density at radius 3 is 2.83 bits per heavy atom. The van der Waals surface area contributed by atoms with E-state index >= 15 is 0 Å². The average Bonchev–Trinajstić information content (AvgIpc) is 2.86. The van der Waals surface area contributed by atoms with Crippen LogP contribution < -0.4 is 0 Å². The molecule has 0 aromatic rings. The van der Waals surface area contributed by atoms with E-state index in [2.05, 4.69) is 18.7 Å². The number of hydrogen-bond donors (Lipinski definition) is 0. The molecular formula is C10H19NO. The number of nitrogens with zero attached hydrogens (tertiary/aromatic N) is 1. The van der Waals surface area contributed by atoms with Gasteiger partial charge in [-0.25, -0.2) is 0 Å². The molecule has 2 rings (SSSR count). The lowest BCUT2D eigenvalue weighted by molar-refractivity contribution is -0.109. The normalized spacial score (nSPS) is 38.5. The Labute approximate surface area is 74.9 Å². The molecule has 1 saturated carbocycles. The maximum Gasteiger partial charge on any atom is 0.0809 e. The molecule has 2 heteroatoms.